The van der Waals surface area contributed by atoms with Gasteiger partial charge in [0, 0.05) is 55.4 Å². The minimum atomic E-state index is 0.349. The number of nitrogens with two attached hydrogens (primary N) is 1. The van der Waals surface area contributed by atoms with E-state index in [9.17, 15) is 5.26 Å². The standard InChI is InChI=1S/C35H31N11/c36-19-25-16-18-39-35(40-25)43-46-27-12-13-28(46)22-44(21-27)20-23-8-10-26(11-9-23)45-33(29-7-4-17-38-32(29)37)42-31-15-14-30(41-34(31)45)24-5-2-1-3-6-24/h1-11,14-18,27-28H,12-13,20-22H2,(H2,37,38)(H,39,40,43). The van der Waals surface area contributed by atoms with E-state index < -0.39 is 0 Å². The number of hydrogen-bond acceptors (Lipinski definition) is 10. The van der Waals surface area contributed by atoms with Crippen molar-refractivity contribution < 1.29 is 0 Å². The van der Waals surface area contributed by atoms with Crippen LogP contribution in [0.1, 0.15) is 24.1 Å². The fourth-order valence-electron chi connectivity index (χ4n) is 6.66. The third-order valence-electron chi connectivity index (χ3n) is 8.81. The molecule has 11 nitrogen and oxygen atoms in total. The molecule has 2 aromatic carbocycles. The van der Waals surface area contributed by atoms with Crippen molar-refractivity contribution in [3.63, 3.8) is 0 Å². The summed E-state index contributed by atoms with van der Waals surface area (Å²) >= 11 is 0. The van der Waals surface area contributed by atoms with Gasteiger partial charge in [0.2, 0.25) is 5.95 Å². The van der Waals surface area contributed by atoms with Gasteiger partial charge in [-0.15, -0.1) is 0 Å². The molecule has 3 N–H and O–H groups in total. The summed E-state index contributed by atoms with van der Waals surface area (Å²) in [5.41, 5.74) is 16.5. The molecule has 0 amide bonds. The number of aromatic nitrogens is 6. The molecule has 0 aliphatic carbocycles. The number of nitrogens with one attached hydrogen (secondary N) is 1. The average molecular weight is 606 g/mol. The molecule has 2 bridgehead atoms. The van der Waals surface area contributed by atoms with E-state index in [1.165, 1.54) is 5.56 Å². The van der Waals surface area contributed by atoms with E-state index in [1.54, 1.807) is 18.5 Å². The molecule has 0 spiro atoms. The van der Waals surface area contributed by atoms with Crippen molar-refractivity contribution in [1.29, 1.82) is 5.26 Å². The highest BCUT2D eigenvalue weighted by Gasteiger charge is 2.40. The summed E-state index contributed by atoms with van der Waals surface area (Å²) in [6, 6.07) is 31.0. The number of fused-ring (bicyclic) bond motifs is 3. The van der Waals surface area contributed by atoms with Gasteiger partial charge < -0.3 is 5.73 Å². The maximum absolute atomic E-state index is 9.20. The summed E-state index contributed by atoms with van der Waals surface area (Å²) in [6.45, 7) is 2.73. The quantitative estimate of drug-likeness (QED) is 0.254. The van der Waals surface area contributed by atoms with Crippen LogP contribution >= 0.6 is 0 Å². The number of hydrazine groups is 1. The zero-order valence-electron chi connectivity index (χ0n) is 25.0. The molecule has 6 aromatic rings. The van der Waals surface area contributed by atoms with Crippen LogP contribution in [-0.2, 0) is 6.54 Å². The fraction of sp³-hybridized carbons (Fsp3) is 0.200. The second kappa shape index (κ2) is 11.7. The monoisotopic (exact) mass is 605 g/mol. The first-order chi connectivity index (χ1) is 22.6. The van der Waals surface area contributed by atoms with Gasteiger partial charge in [0.1, 0.15) is 23.1 Å². The predicted molar refractivity (Wildman–Crippen MR) is 176 cm³/mol. The van der Waals surface area contributed by atoms with Crippen LogP contribution in [0.3, 0.4) is 0 Å². The summed E-state index contributed by atoms with van der Waals surface area (Å²) in [5.74, 6) is 1.60. The van der Waals surface area contributed by atoms with Crippen LogP contribution in [0.25, 0.3) is 39.5 Å². The third-order valence-corrected chi connectivity index (χ3v) is 8.81. The fourth-order valence-corrected chi connectivity index (χ4v) is 6.66. The normalized spacial score (nSPS) is 18.1. The lowest BCUT2D eigenvalue weighted by molar-refractivity contribution is 0.0818. The van der Waals surface area contributed by atoms with Crippen molar-refractivity contribution in [3.05, 3.63) is 109 Å². The van der Waals surface area contributed by atoms with Gasteiger partial charge in [0.25, 0.3) is 0 Å². The molecule has 2 saturated heterocycles. The number of piperazine rings is 1. The number of hydrogen-bond donors (Lipinski definition) is 2. The van der Waals surface area contributed by atoms with E-state index in [1.807, 2.05) is 42.5 Å². The molecular formula is C35H31N11. The number of rotatable bonds is 7. The Balaban J connectivity index is 1.06. The number of imidazole rings is 1. The Labute approximate surface area is 266 Å². The van der Waals surface area contributed by atoms with Gasteiger partial charge in [-0.3, -0.25) is 14.9 Å². The molecule has 2 unspecified atom stereocenters. The first-order valence-electron chi connectivity index (χ1n) is 15.4. The summed E-state index contributed by atoms with van der Waals surface area (Å²) in [4.78, 5) is 25.5. The summed E-state index contributed by atoms with van der Waals surface area (Å²) in [7, 11) is 0. The van der Waals surface area contributed by atoms with Gasteiger partial charge in [-0.2, -0.15) is 5.26 Å². The number of anilines is 2. The largest absolute Gasteiger partial charge is 0.383 e. The van der Waals surface area contributed by atoms with Crippen LogP contribution in [0.4, 0.5) is 11.8 Å². The van der Waals surface area contributed by atoms with Gasteiger partial charge in [0.15, 0.2) is 11.5 Å². The molecule has 6 heterocycles. The predicted octanol–water partition coefficient (Wildman–Crippen LogP) is 5.07. The number of benzene rings is 2. The minimum Gasteiger partial charge on any atom is -0.383 e. The van der Waals surface area contributed by atoms with E-state index >= 15 is 0 Å². The number of likely N-dealkylation sites (tertiary alicyclic amines) is 1. The van der Waals surface area contributed by atoms with Crippen LogP contribution in [0.15, 0.2) is 97.3 Å². The Morgan fingerprint density at radius 2 is 1.63 bits per heavy atom. The first kappa shape index (κ1) is 27.8. The van der Waals surface area contributed by atoms with Gasteiger partial charge in [-0.05, 0) is 60.9 Å². The van der Waals surface area contributed by atoms with Crippen molar-refractivity contribution in [2.45, 2.75) is 31.5 Å². The number of pyridine rings is 2. The molecule has 8 rings (SSSR count). The van der Waals surface area contributed by atoms with E-state index in [-0.39, 0.29) is 0 Å². The van der Waals surface area contributed by atoms with Crippen LogP contribution in [0, 0.1) is 11.3 Å². The summed E-state index contributed by atoms with van der Waals surface area (Å²) in [5, 5.41) is 11.5. The molecule has 2 aliphatic heterocycles. The summed E-state index contributed by atoms with van der Waals surface area (Å²) < 4.78 is 2.08. The van der Waals surface area contributed by atoms with Crippen LogP contribution in [0.2, 0.25) is 0 Å². The molecule has 4 aromatic heterocycles. The highest BCUT2D eigenvalue weighted by molar-refractivity contribution is 5.84. The lowest BCUT2D eigenvalue weighted by atomic mass is 10.1. The zero-order valence-corrected chi connectivity index (χ0v) is 25.0. The molecule has 46 heavy (non-hydrogen) atoms. The second-order valence-corrected chi connectivity index (χ2v) is 11.8. The number of nitriles is 1. The van der Waals surface area contributed by atoms with Crippen molar-refractivity contribution in [3.8, 4) is 34.4 Å². The van der Waals surface area contributed by atoms with Gasteiger partial charge in [-0.1, -0.05) is 42.5 Å². The Morgan fingerprint density at radius 3 is 2.39 bits per heavy atom. The van der Waals surface area contributed by atoms with Gasteiger partial charge in [0.05, 0.1) is 11.3 Å². The van der Waals surface area contributed by atoms with Gasteiger partial charge in [-0.25, -0.2) is 29.9 Å². The Hall–Kier alpha value is -5.70. The summed E-state index contributed by atoms with van der Waals surface area (Å²) in [6.07, 6.45) is 5.53. The average Bonchev–Trinajstić information content (AvgIpc) is 3.58. The highest BCUT2D eigenvalue weighted by Crippen LogP contribution is 2.33. The first-order valence-corrected chi connectivity index (χ1v) is 15.4. The van der Waals surface area contributed by atoms with E-state index in [0.29, 0.717) is 35.4 Å². The van der Waals surface area contributed by atoms with Gasteiger partial charge >= 0.3 is 0 Å². The molecule has 2 aliphatic rings. The molecule has 226 valence electrons. The number of nitrogen functional groups attached to an aromatic ring is 1. The van der Waals surface area contributed by atoms with E-state index in [0.717, 1.165) is 66.1 Å². The number of nitrogens with zero attached hydrogens (tertiary/aromatic N) is 9. The lowest BCUT2D eigenvalue weighted by Crippen LogP contribution is -2.55. The molecule has 2 atom stereocenters. The van der Waals surface area contributed by atoms with Crippen LogP contribution in [-0.4, -0.2) is 64.6 Å². The van der Waals surface area contributed by atoms with Crippen molar-refractivity contribution >= 4 is 22.9 Å². The van der Waals surface area contributed by atoms with Crippen molar-refractivity contribution in [2.75, 3.05) is 24.2 Å². The van der Waals surface area contributed by atoms with E-state index in [4.69, 9.17) is 15.7 Å². The molecular weight excluding hydrogens is 574 g/mol. The van der Waals surface area contributed by atoms with E-state index in [2.05, 4.69) is 77.3 Å². The Kier molecular flexibility index (Phi) is 7.05. The highest BCUT2D eigenvalue weighted by atomic mass is 15.6. The maximum atomic E-state index is 9.20. The maximum Gasteiger partial charge on any atom is 0.238 e. The topological polar surface area (TPSA) is 138 Å². The molecule has 0 radical (unpaired) electrons. The smallest absolute Gasteiger partial charge is 0.238 e. The zero-order chi connectivity index (χ0) is 31.0. The molecule has 0 saturated carbocycles. The van der Waals surface area contributed by atoms with Crippen molar-refractivity contribution in [2.24, 2.45) is 0 Å². The molecule has 11 heteroatoms. The Bertz CT molecular complexity index is 2050. The van der Waals surface area contributed by atoms with Crippen LogP contribution < -0.4 is 11.2 Å². The molecule has 2 fully saturated rings. The minimum absolute atomic E-state index is 0.349. The SMILES string of the molecule is N#Cc1ccnc(NN2C3CCC2CN(Cc2ccc(-n4c(-c5cccnc5N)nc5ccc(-c6ccccc6)nc54)cc2)C3)n1. The Morgan fingerprint density at radius 1 is 0.826 bits per heavy atom. The second-order valence-electron chi connectivity index (χ2n) is 11.8. The third kappa shape index (κ3) is 5.19. The lowest BCUT2D eigenvalue weighted by Gasteiger charge is -2.40. The van der Waals surface area contributed by atoms with Crippen molar-refractivity contribution in [1.82, 2.24) is 39.4 Å². The van der Waals surface area contributed by atoms with Crippen LogP contribution in [0.5, 0.6) is 0 Å².